The van der Waals surface area contributed by atoms with E-state index in [1.165, 1.54) is 18.1 Å². The molecule has 11 nitrogen and oxygen atoms in total. The van der Waals surface area contributed by atoms with Crippen LogP contribution in [0.15, 0.2) is 66.9 Å². The predicted molar refractivity (Wildman–Crippen MR) is 167 cm³/mol. The molecule has 0 radical (unpaired) electrons. The fourth-order valence-corrected chi connectivity index (χ4v) is 5.83. The van der Waals surface area contributed by atoms with Gasteiger partial charge in [-0.25, -0.2) is 0 Å². The third-order valence-corrected chi connectivity index (χ3v) is 8.22. The molecule has 1 saturated heterocycles. The molecule has 45 heavy (non-hydrogen) atoms. The summed E-state index contributed by atoms with van der Waals surface area (Å²) in [5.74, 6) is 1.07. The molecule has 2 atom stereocenters. The van der Waals surface area contributed by atoms with Crippen LogP contribution in [-0.4, -0.2) is 73.7 Å². The second kappa shape index (κ2) is 13.2. The summed E-state index contributed by atoms with van der Waals surface area (Å²) < 4.78 is 23.0. The number of fused-ring (bicyclic) bond motifs is 8. The van der Waals surface area contributed by atoms with E-state index in [2.05, 4.69) is 21.7 Å². The van der Waals surface area contributed by atoms with Gasteiger partial charge in [-0.1, -0.05) is 18.2 Å². The lowest BCUT2D eigenvalue weighted by molar-refractivity contribution is -0.130. The highest BCUT2D eigenvalue weighted by molar-refractivity contribution is 5.95. The van der Waals surface area contributed by atoms with E-state index in [0.717, 1.165) is 17.5 Å². The predicted octanol–water partition coefficient (Wildman–Crippen LogP) is 3.60. The largest absolute Gasteiger partial charge is 0.497 e. The number of H-pyrrole nitrogens is 1. The van der Waals surface area contributed by atoms with Gasteiger partial charge in [0.05, 0.1) is 26.8 Å². The van der Waals surface area contributed by atoms with Gasteiger partial charge in [0, 0.05) is 59.9 Å². The number of aryl methyl sites for hydroxylation is 1. The highest BCUT2D eigenvalue weighted by Crippen LogP contribution is 2.29. The Kier molecular flexibility index (Phi) is 8.77. The lowest BCUT2D eigenvalue weighted by atomic mass is 10.1. The van der Waals surface area contributed by atoms with Crippen LogP contribution in [0.3, 0.4) is 0 Å². The van der Waals surface area contributed by atoms with Gasteiger partial charge in [-0.3, -0.25) is 14.4 Å². The van der Waals surface area contributed by atoms with Crippen molar-refractivity contribution in [3.05, 3.63) is 83.6 Å². The van der Waals surface area contributed by atoms with E-state index in [0.29, 0.717) is 54.5 Å². The smallest absolute Gasteiger partial charge is 0.258 e. The molecule has 3 N–H and O–H groups in total. The van der Waals surface area contributed by atoms with Crippen LogP contribution in [0.1, 0.15) is 34.3 Å². The van der Waals surface area contributed by atoms with Crippen molar-refractivity contribution in [2.24, 2.45) is 0 Å². The maximum Gasteiger partial charge on any atom is 0.258 e. The number of likely N-dealkylation sites (tertiary alicyclic amines) is 1. The monoisotopic (exact) mass is 612 g/mol. The molecule has 234 valence electrons. The number of nitrogens with one attached hydrogen (secondary N) is 3. The van der Waals surface area contributed by atoms with Crippen molar-refractivity contribution in [1.82, 2.24) is 20.5 Å². The third kappa shape index (κ3) is 6.82. The number of aromatic amines is 1. The molecule has 3 aliphatic rings. The van der Waals surface area contributed by atoms with E-state index in [9.17, 15) is 14.4 Å². The van der Waals surface area contributed by atoms with Crippen LogP contribution in [-0.2, 0) is 22.6 Å². The molecule has 4 bridgehead atoms. The van der Waals surface area contributed by atoms with Gasteiger partial charge in [-0.15, -0.1) is 0 Å². The Morgan fingerprint density at radius 1 is 1.00 bits per heavy atom. The first kappa shape index (κ1) is 29.9. The number of hydrogen-bond acceptors (Lipinski definition) is 7. The normalized spacial score (nSPS) is 18.3. The van der Waals surface area contributed by atoms with E-state index in [4.69, 9.17) is 18.9 Å². The number of nitrogens with zero attached hydrogens (tertiary/aromatic N) is 1. The van der Waals surface area contributed by atoms with Gasteiger partial charge in [0.1, 0.15) is 29.1 Å². The Balaban J connectivity index is 1.22. The lowest BCUT2D eigenvalue weighted by Gasteiger charge is -2.22. The van der Waals surface area contributed by atoms with Crippen molar-refractivity contribution >= 4 is 28.6 Å². The first-order valence-corrected chi connectivity index (χ1v) is 15.0. The van der Waals surface area contributed by atoms with Crippen molar-refractivity contribution in [3.63, 3.8) is 0 Å². The molecule has 3 amide bonds. The molecule has 4 heterocycles. The topological polar surface area (TPSA) is 131 Å². The van der Waals surface area contributed by atoms with Crippen LogP contribution in [0.2, 0.25) is 0 Å². The van der Waals surface area contributed by atoms with Crippen LogP contribution in [0.5, 0.6) is 23.0 Å². The number of carbonyl (C=O) groups excluding carboxylic acids is 3. The van der Waals surface area contributed by atoms with Gasteiger partial charge < -0.3 is 39.5 Å². The summed E-state index contributed by atoms with van der Waals surface area (Å²) in [4.78, 5) is 44.5. The van der Waals surface area contributed by atoms with Crippen LogP contribution in [0.4, 0.5) is 0 Å². The average molecular weight is 613 g/mol. The molecule has 3 aromatic carbocycles. The summed E-state index contributed by atoms with van der Waals surface area (Å²) >= 11 is 0. The Morgan fingerprint density at radius 2 is 1.87 bits per heavy atom. The number of aromatic nitrogens is 1. The molecule has 11 heteroatoms. The maximum atomic E-state index is 13.5. The minimum atomic E-state index is -0.515. The zero-order chi connectivity index (χ0) is 31.3. The fraction of sp³-hybridized carbons (Fsp3) is 0.324. The minimum absolute atomic E-state index is 0.00284. The molecule has 1 aromatic heterocycles. The second-order valence-corrected chi connectivity index (χ2v) is 11.2. The van der Waals surface area contributed by atoms with E-state index < -0.39 is 12.1 Å². The van der Waals surface area contributed by atoms with Crippen LogP contribution in [0, 0.1) is 0 Å². The highest BCUT2D eigenvalue weighted by Gasteiger charge is 2.38. The number of hydrogen-bond donors (Lipinski definition) is 3. The molecule has 7 rings (SSSR count). The van der Waals surface area contributed by atoms with E-state index in [-0.39, 0.29) is 30.9 Å². The summed E-state index contributed by atoms with van der Waals surface area (Å²) in [7, 11) is 3.04. The van der Waals surface area contributed by atoms with Gasteiger partial charge in [-0.05, 0) is 48.7 Å². The SMILES string of the molecule is COc1cc2cc(c1)C(=O)N[C@H]1CN(C(=O)CCCc3c[nH]c4ccccc34)C[C@@H]1Oc1ccc(c(OC)c1)CNC(=O)CO2. The maximum absolute atomic E-state index is 13.5. The average Bonchev–Trinajstić information content (AvgIpc) is 3.66. The fourth-order valence-electron chi connectivity index (χ4n) is 5.83. The second-order valence-electron chi connectivity index (χ2n) is 11.2. The van der Waals surface area contributed by atoms with Crippen molar-refractivity contribution in [1.29, 1.82) is 0 Å². The number of methoxy groups -OCH3 is 2. The van der Waals surface area contributed by atoms with Gasteiger partial charge >= 0.3 is 0 Å². The number of para-hydroxylation sites is 1. The van der Waals surface area contributed by atoms with Crippen molar-refractivity contribution in [3.8, 4) is 23.0 Å². The molecular weight excluding hydrogens is 576 g/mol. The highest BCUT2D eigenvalue weighted by atomic mass is 16.5. The molecule has 0 aliphatic carbocycles. The lowest BCUT2D eigenvalue weighted by Crippen LogP contribution is -2.45. The number of ether oxygens (including phenoxy) is 4. The van der Waals surface area contributed by atoms with Crippen molar-refractivity contribution in [2.75, 3.05) is 33.9 Å². The van der Waals surface area contributed by atoms with Gasteiger partial charge in [0.25, 0.3) is 11.8 Å². The zero-order valence-corrected chi connectivity index (χ0v) is 25.3. The first-order chi connectivity index (χ1) is 21.9. The van der Waals surface area contributed by atoms with E-state index in [1.807, 2.05) is 30.5 Å². The molecule has 3 aliphatic heterocycles. The van der Waals surface area contributed by atoms with Crippen LogP contribution < -0.4 is 29.6 Å². The molecule has 4 aromatic rings. The Labute approximate surface area is 260 Å². The third-order valence-electron chi connectivity index (χ3n) is 8.22. The summed E-state index contributed by atoms with van der Waals surface area (Å²) in [6, 6.07) is 17.8. The standard InChI is InChI=1S/C34H36N4O7/c1-42-25-12-23-13-26(14-25)44-20-32(39)36-17-22-10-11-24(15-30(22)43-2)45-31-19-38(18-29(31)37-34(23)41)33(40)9-5-6-21-16-35-28-8-4-3-7-27(21)28/h3-4,7-8,10-16,29,31,35H,5-6,9,17-20H2,1-2H3,(H,36,39)(H,37,41)/t29-,31-/m0/s1. The number of rotatable bonds is 6. The molecule has 0 unspecified atom stereocenters. The van der Waals surface area contributed by atoms with Gasteiger partial charge in [0.15, 0.2) is 6.61 Å². The zero-order valence-electron chi connectivity index (χ0n) is 25.3. The Hall–Kier alpha value is -5.19. The molecular formula is C34H36N4O7. The summed E-state index contributed by atoms with van der Waals surface area (Å²) in [5, 5.41) is 7.05. The summed E-state index contributed by atoms with van der Waals surface area (Å²) in [6.45, 7) is 0.578. The van der Waals surface area contributed by atoms with Gasteiger partial charge in [-0.2, -0.15) is 0 Å². The Bertz CT molecular complexity index is 1720. The quantitative estimate of drug-likeness (QED) is 0.303. The van der Waals surface area contributed by atoms with Crippen molar-refractivity contribution < 1.29 is 33.3 Å². The van der Waals surface area contributed by atoms with Gasteiger partial charge in [0.2, 0.25) is 5.91 Å². The molecule has 0 spiro atoms. The summed E-state index contributed by atoms with van der Waals surface area (Å²) in [6.07, 6.45) is 3.33. The van der Waals surface area contributed by atoms with Crippen molar-refractivity contribution in [2.45, 2.75) is 38.0 Å². The number of amides is 3. The first-order valence-electron chi connectivity index (χ1n) is 15.0. The van der Waals surface area contributed by atoms with Crippen LogP contribution in [0.25, 0.3) is 10.9 Å². The van der Waals surface area contributed by atoms with E-state index >= 15 is 0 Å². The number of benzene rings is 3. The van der Waals surface area contributed by atoms with Crippen LogP contribution >= 0.6 is 0 Å². The Morgan fingerprint density at radius 3 is 2.71 bits per heavy atom. The number of carbonyl (C=O) groups is 3. The van der Waals surface area contributed by atoms with E-state index in [1.54, 1.807) is 42.3 Å². The molecule has 1 fully saturated rings. The molecule has 0 saturated carbocycles. The minimum Gasteiger partial charge on any atom is -0.497 e. The summed E-state index contributed by atoms with van der Waals surface area (Å²) in [5.41, 5.74) is 3.32.